The van der Waals surface area contributed by atoms with Crippen molar-refractivity contribution in [2.24, 2.45) is 0 Å². The zero-order chi connectivity index (χ0) is 11.4. The summed E-state index contributed by atoms with van der Waals surface area (Å²) in [5.74, 6) is -0.193. The number of hydrogen-bond donors (Lipinski definition) is 0. The summed E-state index contributed by atoms with van der Waals surface area (Å²) in [6.07, 6.45) is -1.86. The summed E-state index contributed by atoms with van der Waals surface area (Å²) in [7, 11) is 7.71. The van der Waals surface area contributed by atoms with Crippen LogP contribution < -0.4 is 0 Å². The fraction of sp³-hybridized carbons (Fsp3) is 0.833. The van der Waals surface area contributed by atoms with Crippen molar-refractivity contribution in [3.8, 4) is 0 Å². The van der Waals surface area contributed by atoms with Crippen molar-refractivity contribution in [1.29, 1.82) is 0 Å². The lowest BCUT2D eigenvalue weighted by atomic mass is 10.2. The minimum Gasteiger partial charge on any atom is -0.371 e. The highest BCUT2D eigenvalue weighted by Crippen LogP contribution is 2.55. The average molecular weight is 290 g/mol. The monoisotopic (exact) mass is 290 g/mol. The van der Waals surface area contributed by atoms with Crippen molar-refractivity contribution in [3.05, 3.63) is 0 Å². The molecule has 0 aromatic heterocycles. The van der Waals surface area contributed by atoms with Crippen LogP contribution in [0.25, 0.3) is 0 Å². The maximum absolute atomic E-state index is 11.7. The second kappa shape index (κ2) is 6.84. The number of ether oxygens (including phenoxy) is 2. The highest BCUT2D eigenvalue weighted by molar-refractivity contribution is 8.41. The van der Waals surface area contributed by atoms with Crippen LogP contribution in [0.4, 0.5) is 0 Å². The average Bonchev–Trinajstić information content (AvgIpc) is 2.43. The van der Waals surface area contributed by atoms with E-state index in [0.29, 0.717) is 0 Å². The van der Waals surface area contributed by atoms with Crippen LogP contribution >= 0.6 is 34.8 Å². The molecule has 88 valence electrons. The number of methoxy groups -OCH3 is 1. The molecular formula is C6H14O5P4. The summed E-state index contributed by atoms with van der Waals surface area (Å²) in [5.41, 5.74) is 0. The Labute approximate surface area is 96.6 Å². The minimum atomic E-state index is -0.846. The number of hydrogen-bond acceptors (Lipinski definition) is 5. The molecule has 1 heterocycles. The molecular weight excluding hydrogens is 276 g/mol. The fourth-order valence-corrected chi connectivity index (χ4v) is 2.52. The molecule has 0 aromatic rings. The van der Waals surface area contributed by atoms with Gasteiger partial charge in [-0.1, -0.05) is 17.9 Å². The van der Waals surface area contributed by atoms with Gasteiger partial charge in [-0.15, -0.1) is 0 Å². The lowest BCUT2D eigenvalue weighted by molar-refractivity contribution is -0.138. The first kappa shape index (κ1) is 14.3. The van der Waals surface area contributed by atoms with E-state index in [0.717, 1.165) is 0 Å². The van der Waals surface area contributed by atoms with Crippen molar-refractivity contribution in [3.63, 3.8) is 0 Å². The molecule has 0 radical (unpaired) electrons. The molecule has 0 aromatic carbocycles. The molecule has 0 aliphatic carbocycles. The second-order valence-electron chi connectivity index (χ2n) is 2.86. The molecule has 9 heteroatoms. The summed E-state index contributed by atoms with van der Waals surface area (Å²) in [5, 5.41) is 0. The SMILES string of the molecule is COC1C(=O)C(OP(P)P)O[C@@H]1COP. The Morgan fingerprint density at radius 2 is 2.20 bits per heavy atom. The Balaban J connectivity index is 2.60. The summed E-state index contributed by atoms with van der Waals surface area (Å²) in [4.78, 5) is 11.7. The first-order valence-electron chi connectivity index (χ1n) is 4.10. The third kappa shape index (κ3) is 3.87. The van der Waals surface area contributed by atoms with Crippen molar-refractivity contribution in [2.75, 3.05) is 13.7 Å². The molecule has 0 amide bonds. The molecule has 0 saturated carbocycles. The summed E-state index contributed by atoms with van der Waals surface area (Å²) < 4.78 is 20.6. The topological polar surface area (TPSA) is 54.0 Å². The van der Waals surface area contributed by atoms with Gasteiger partial charge in [-0.05, 0) is 0 Å². The van der Waals surface area contributed by atoms with E-state index in [-0.39, 0.29) is 12.4 Å². The van der Waals surface area contributed by atoms with E-state index in [2.05, 4.69) is 27.3 Å². The smallest absolute Gasteiger partial charge is 0.225 e. The van der Waals surface area contributed by atoms with Gasteiger partial charge in [0.05, 0.1) is 14.1 Å². The Bertz CT molecular complexity index is 226. The van der Waals surface area contributed by atoms with Crippen LogP contribution in [0, 0.1) is 0 Å². The molecule has 15 heavy (non-hydrogen) atoms. The first-order chi connectivity index (χ1) is 7.10. The lowest BCUT2D eigenvalue weighted by Gasteiger charge is -2.14. The predicted molar refractivity (Wildman–Crippen MR) is 67.6 cm³/mol. The Hall–Kier alpha value is 1.23. The molecule has 1 aliphatic rings. The largest absolute Gasteiger partial charge is 0.371 e. The second-order valence-corrected chi connectivity index (χ2v) is 8.97. The summed E-state index contributed by atoms with van der Waals surface area (Å²) >= 11 is 0. The van der Waals surface area contributed by atoms with Crippen LogP contribution in [0.1, 0.15) is 0 Å². The standard InChI is InChI=1S/C6H14O5P4/c1-8-5-3(2-9-12)10-6(4(5)7)11-15(13)14/h3,5-6H,2,12-14H2,1H3/t3-,5?,6?/m1/s1. The van der Waals surface area contributed by atoms with Gasteiger partial charge in [0.25, 0.3) is 0 Å². The molecule has 0 bridgehead atoms. The zero-order valence-electron chi connectivity index (χ0n) is 8.16. The summed E-state index contributed by atoms with van der Waals surface area (Å²) in [6, 6.07) is 0. The van der Waals surface area contributed by atoms with E-state index in [1.807, 2.05) is 0 Å². The van der Waals surface area contributed by atoms with E-state index in [9.17, 15) is 4.79 Å². The van der Waals surface area contributed by atoms with Gasteiger partial charge in [-0.25, -0.2) is 0 Å². The van der Waals surface area contributed by atoms with E-state index in [4.69, 9.17) is 18.5 Å². The van der Waals surface area contributed by atoms with E-state index >= 15 is 0 Å². The maximum Gasteiger partial charge on any atom is 0.225 e. The van der Waals surface area contributed by atoms with Crippen molar-refractivity contribution in [2.45, 2.75) is 18.5 Å². The van der Waals surface area contributed by atoms with Gasteiger partial charge >= 0.3 is 0 Å². The van der Waals surface area contributed by atoms with Gasteiger partial charge in [-0.2, -0.15) is 0 Å². The van der Waals surface area contributed by atoms with Crippen molar-refractivity contribution >= 4 is 40.6 Å². The zero-order valence-corrected chi connectivity index (χ0v) is 12.5. The number of rotatable bonds is 5. The van der Waals surface area contributed by atoms with E-state index in [1.54, 1.807) is 0 Å². The van der Waals surface area contributed by atoms with Gasteiger partial charge in [0.15, 0.2) is 0 Å². The summed E-state index contributed by atoms with van der Waals surface area (Å²) in [6.45, 7) is 0.278. The van der Waals surface area contributed by atoms with Crippen LogP contribution in [0.3, 0.4) is 0 Å². The third-order valence-corrected chi connectivity index (χ3v) is 3.24. The van der Waals surface area contributed by atoms with Crippen LogP contribution in [-0.2, 0) is 23.3 Å². The van der Waals surface area contributed by atoms with Gasteiger partial charge in [0, 0.05) is 16.6 Å². The van der Waals surface area contributed by atoms with Crippen LogP contribution in [0.15, 0.2) is 0 Å². The number of carbonyl (C=O) groups is 1. The van der Waals surface area contributed by atoms with Gasteiger partial charge in [0.1, 0.15) is 12.2 Å². The predicted octanol–water partition coefficient (Wildman–Crippen LogP) is 1.10. The lowest BCUT2D eigenvalue weighted by Crippen LogP contribution is -2.32. The normalized spacial score (nSPS) is 31.5. The fourth-order valence-electron chi connectivity index (χ4n) is 1.29. The number of ketones is 1. The molecule has 5 nitrogen and oxygen atoms in total. The van der Waals surface area contributed by atoms with Crippen LogP contribution in [0.2, 0.25) is 0 Å². The van der Waals surface area contributed by atoms with Crippen LogP contribution in [0.5, 0.6) is 0 Å². The van der Waals surface area contributed by atoms with Crippen LogP contribution in [-0.4, -0.2) is 38.0 Å². The molecule has 1 saturated heterocycles. The highest BCUT2D eigenvalue weighted by Gasteiger charge is 2.44. The van der Waals surface area contributed by atoms with E-state index < -0.39 is 26.0 Å². The Morgan fingerprint density at radius 1 is 1.53 bits per heavy atom. The molecule has 0 N–H and O–H groups in total. The van der Waals surface area contributed by atoms with Crippen molar-refractivity contribution in [1.82, 2.24) is 0 Å². The molecule has 1 fully saturated rings. The van der Waals surface area contributed by atoms with Gasteiger partial charge < -0.3 is 18.5 Å². The Morgan fingerprint density at radius 3 is 2.67 bits per heavy atom. The minimum absolute atomic E-state index is 0.193. The third-order valence-electron chi connectivity index (χ3n) is 1.88. The molecule has 1 rings (SSSR count). The van der Waals surface area contributed by atoms with E-state index in [1.165, 1.54) is 7.11 Å². The molecule has 1 aliphatic heterocycles. The van der Waals surface area contributed by atoms with Gasteiger partial charge in [0.2, 0.25) is 12.1 Å². The number of Topliss-reactive ketones (excluding diaryl/α,β-unsaturated/α-hetero) is 1. The molecule has 5 unspecified atom stereocenters. The highest BCUT2D eigenvalue weighted by atomic mass is 32.4. The quantitative estimate of drug-likeness (QED) is 0.710. The van der Waals surface area contributed by atoms with Gasteiger partial charge in [-0.3, -0.25) is 4.79 Å². The van der Waals surface area contributed by atoms with Crippen molar-refractivity contribution < 1.29 is 23.3 Å². The first-order valence-corrected chi connectivity index (χ1v) is 9.07. The Kier molecular flexibility index (Phi) is 6.52. The molecule has 0 spiro atoms. The molecule has 6 atom stereocenters. The maximum atomic E-state index is 11.7. The number of carbonyl (C=O) groups excluding carboxylic acids is 1.